The highest BCUT2D eigenvalue weighted by atomic mass is 19.1. The summed E-state index contributed by atoms with van der Waals surface area (Å²) in [5.41, 5.74) is -0.163. The normalized spacial score (nSPS) is 8.67. The van der Waals surface area contributed by atoms with E-state index in [-0.39, 0.29) is 11.4 Å². The quantitative estimate of drug-likeness (QED) is 0.633. The third kappa shape index (κ3) is 2.86. The molecule has 68 valence electrons. The molecule has 0 atom stereocenters. The summed E-state index contributed by atoms with van der Waals surface area (Å²) in [4.78, 5) is 10.8. The molecule has 0 bridgehead atoms. The molecule has 0 saturated heterocycles. The SMILES string of the molecule is CC.CCn1cc(F)ccc1=O. The van der Waals surface area contributed by atoms with Gasteiger partial charge < -0.3 is 4.57 Å². The number of hydrogen-bond acceptors (Lipinski definition) is 1. The van der Waals surface area contributed by atoms with E-state index in [4.69, 9.17) is 0 Å². The van der Waals surface area contributed by atoms with Crippen molar-refractivity contribution in [2.24, 2.45) is 0 Å². The Balaban J connectivity index is 0.000000561. The van der Waals surface area contributed by atoms with E-state index in [1.807, 2.05) is 13.8 Å². The van der Waals surface area contributed by atoms with Gasteiger partial charge in [0.2, 0.25) is 0 Å². The number of rotatable bonds is 1. The first kappa shape index (κ1) is 10.9. The number of aromatic nitrogens is 1. The highest BCUT2D eigenvalue weighted by Crippen LogP contribution is 1.90. The molecule has 0 spiro atoms. The van der Waals surface area contributed by atoms with Gasteiger partial charge in [0.1, 0.15) is 5.82 Å². The van der Waals surface area contributed by atoms with Gasteiger partial charge in [-0.2, -0.15) is 0 Å². The van der Waals surface area contributed by atoms with E-state index in [9.17, 15) is 9.18 Å². The van der Waals surface area contributed by atoms with Crippen LogP contribution in [0.4, 0.5) is 4.39 Å². The summed E-state index contributed by atoms with van der Waals surface area (Å²) in [6, 6.07) is 2.38. The molecule has 1 aromatic heterocycles. The first-order valence-corrected chi connectivity index (χ1v) is 4.10. The van der Waals surface area contributed by atoms with E-state index < -0.39 is 0 Å². The number of aryl methyl sites for hydroxylation is 1. The predicted octanol–water partition coefficient (Wildman–Crippen LogP) is 2.03. The monoisotopic (exact) mass is 171 g/mol. The predicted molar refractivity (Wildman–Crippen MR) is 47.7 cm³/mol. The Morgan fingerprint density at radius 3 is 2.42 bits per heavy atom. The second kappa shape index (κ2) is 5.52. The van der Waals surface area contributed by atoms with Gasteiger partial charge in [-0.25, -0.2) is 4.39 Å². The van der Waals surface area contributed by atoms with Crippen LogP contribution >= 0.6 is 0 Å². The average Bonchev–Trinajstić information content (AvgIpc) is 2.13. The van der Waals surface area contributed by atoms with Crippen molar-refractivity contribution in [3.8, 4) is 0 Å². The van der Waals surface area contributed by atoms with Gasteiger partial charge in [0, 0.05) is 18.8 Å². The van der Waals surface area contributed by atoms with E-state index in [1.54, 1.807) is 6.92 Å². The van der Waals surface area contributed by atoms with Crippen molar-refractivity contribution in [2.45, 2.75) is 27.3 Å². The van der Waals surface area contributed by atoms with Crippen LogP contribution in [0.2, 0.25) is 0 Å². The molecule has 12 heavy (non-hydrogen) atoms. The van der Waals surface area contributed by atoms with Crippen LogP contribution in [0, 0.1) is 5.82 Å². The summed E-state index contributed by atoms with van der Waals surface area (Å²) in [6.45, 7) is 6.30. The molecule has 0 aliphatic carbocycles. The minimum atomic E-state index is -0.374. The molecule has 0 aliphatic heterocycles. The molecule has 1 aromatic rings. The number of pyridine rings is 1. The summed E-state index contributed by atoms with van der Waals surface area (Å²) in [5, 5.41) is 0. The van der Waals surface area contributed by atoms with E-state index >= 15 is 0 Å². The Hall–Kier alpha value is -1.12. The second-order valence-corrected chi connectivity index (χ2v) is 1.97. The van der Waals surface area contributed by atoms with Crippen LogP contribution in [-0.4, -0.2) is 4.57 Å². The molecule has 0 aliphatic rings. The second-order valence-electron chi connectivity index (χ2n) is 1.97. The maximum Gasteiger partial charge on any atom is 0.250 e. The molecular weight excluding hydrogens is 157 g/mol. The van der Waals surface area contributed by atoms with Crippen LogP contribution in [0.3, 0.4) is 0 Å². The summed E-state index contributed by atoms with van der Waals surface area (Å²) in [6.07, 6.45) is 1.20. The van der Waals surface area contributed by atoms with Crippen molar-refractivity contribution in [3.05, 3.63) is 34.5 Å². The van der Waals surface area contributed by atoms with Crippen molar-refractivity contribution < 1.29 is 4.39 Å². The van der Waals surface area contributed by atoms with Crippen LogP contribution in [0.1, 0.15) is 20.8 Å². The zero-order valence-corrected chi connectivity index (χ0v) is 7.67. The van der Waals surface area contributed by atoms with Crippen molar-refractivity contribution in [1.29, 1.82) is 0 Å². The van der Waals surface area contributed by atoms with Crippen LogP contribution in [-0.2, 0) is 6.54 Å². The lowest BCUT2D eigenvalue weighted by Gasteiger charge is -1.98. The van der Waals surface area contributed by atoms with E-state index in [0.717, 1.165) is 6.07 Å². The van der Waals surface area contributed by atoms with Crippen molar-refractivity contribution in [1.82, 2.24) is 4.57 Å². The lowest BCUT2D eigenvalue weighted by molar-refractivity contribution is 0.590. The van der Waals surface area contributed by atoms with E-state index in [0.29, 0.717) is 6.54 Å². The zero-order valence-electron chi connectivity index (χ0n) is 7.67. The number of nitrogens with zero attached hydrogens (tertiary/aromatic N) is 1. The summed E-state index contributed by atoms with van der Waals surface area (Å²) in [7, 11) is 0. The Labute approximate surface area is 71.7 Å². The molecule has 3 heteroatoms. The fourth-order valence-corrected chi connectivity index (χ4v) is 0.749. The Morgan fingerprint density at radius 1 is 1.42 bits per heavy atom. The Bertz CT molecular complexity index is 280. The molecule has 0 amide bonds. The first-order chi connectivity index (χ1) is 5.74. The Morgan fingerprint density at radius 2 is 2.00 bits per heavy atom. The standard InChI is InChI=1S/C7H8FNO.C2H6/c1-2-9-5-6(8)3-4-7(9)10;1-2/h3-5H,2H2,1H3;1-2H3. The van der Waals surface area contributed by atoms with Crippen LogP contribution in [0.25, 0.3) is 0 Å². The van der Waals surface area contributed by atoms with Gasteiger partial charge in [-0.15, -0.1) is 0 Å². The van der Waals surface area contributed by atoms with Crippen LogP contribution < -0.4 is 5.56 Å². The first-order valence-electron chi connectivity index (χ1n) is 4.10. The molecule has 1 heterocycles. The minimum absolute atomic E-state index is 0.163. The third-order valence-electron chi connectivity index (χ3n) is 1.29. The van der Waals surface area contributed by atoms with Gasteiger partial charge in [-0.1, -0.05) is 13.8 Å². The van der Waals surface area contributed by atoms with Crippen molar-refractivity contribution >= 4 is 0 Å². The largest absolute Gasteiger partial charge is 0.313 e. The van der Waals surface area contributed by atoms with Crippen molar-refractivity contribution in [3.63, 3.8) is 0 Å². The smallest absolute Gasteiger partial charge is 0.250 e. The molecule has 0 radical (unpaired) electrons. The van der Waals surface area contributed by atoms with Crippen LogP contribution in [0.15, 0.2) is 23.1 Å². The maximum absolute atomic E-state index is 12.4. The molecular formula is C9H14FNO. The van der Waals surface area contributed by atoms with Crippen molar-refractivity contribution in [2.75, 3.05) is 0 Å². The van der Waals surface area contributed by atoms with Gasteiger partial charge in [-0.05, 0) is 13.0 Å². The average molecular weight is 171 g/mol. The lowest BCUT2D eigenvalue weighted by atomic mass is 10.4. The van der Waals surface area contributed by atoms with Gasteiger partial charge in [0.05, 0.1) is 0 Å². The molecule has 0 aromatic carbocycles. The van der Waals surface area contributed by atoms with Gasteiger partial charge in [-0.3, -0.25) is 4.79 Å². The van der Waals surface area contributed by atoms with Gasteiger partial charge in [0.15, 0.2) is 0 Å². The molecule has 0 fully saturated rings. The zero-order chi connectivity index (χ0) is 9.56. The summed E-state index contributed by atoms with van der Waals surface area (Å²) < 4.78 is 13.7. The molecule has 0 saturated carbocycles. The highest BCUT2D eigenvalue weighted by molar-refractivity contribution is 4.96. The number of hydrogen-bond donors (Lipinski definition) is 0. The third-order valence-corrected chi connectivity index (χ3v) is 1.29. The lowest BCUT2D eigenvalue weighted by Crippen LogP contribution is -2.17. The highest BCUT2D eigenvalue weighted by Gasteiger charge is 1.92. The molecule has 2 nitrogen and oxygen atoms in total. The summed E-state index contributed by atoms with van der Waals surface area (Å²) in [5.74, 6) is -0.374. The van der Waals surface area contributed by atoms with Gasteiger partial charge in [0.25, 0.3) is 5.56 Å². The summed E-state index contributed by atoms with van der Waals surface area (Å²) >= 11 is 0. The molecule has 0 unspecified atom stereocenters. The topological polar surface area (TPSA) is 22.0 Å². The fourth-order valence-electron chi connectivity index (χ4n) is 0.749. The minimum Gasteiger partial charge on any atom is -0.313 e. The van der Waals surface area contributed by atoms with Crippen LogP contribution in [0.5, 0.6) is 0 Å². The van der Waals surface area contributed by atoms with Gasteiger partial charge >= 0.3 is 0 Å². The Kier molecular flexibility index (Phi) is 5.00. The molecule has 1 rings (SSSR count). The van der Waals surface area contributed by atoms with E-state index in [1.165, 1.54) is 16.8 Å². The number of halogens is 1. The van der Waals surface area contributed by atoms with E-state index in [2.05, 4.69) is 0 Å². The molecule has 0 N–H and O–H groups in total. The fraction of sp³-hybridized carbons (Fsp3) is 0.444. The maximum atomic E-state index is 12.4.